The van der Waals surface area contributed by atoms with Crippen molar-refractivity contribution in [1.29, 1.82) is 0 Å². The van der Waals surface area contributed by atoms with Crippen LogP contribution < -0.4 is 5.56 Å². The standard InChI is InChI=1S/C8H8F3NO3S/c1-2-16(14,15)5-3-4-6(8(9,10)11)12-7(5)13/h3-4H,2H2,1H3,(H,12,13). The Kier molecular flexibility index (Phi) is 3.13. The molecular formula is C8H8F3NO3S. The number of aromatic nitrogens is 1. The molecule has 0 aliphatic heterocycles. The predicted molar refractivity (Wildman–Crippen MR) is 49.8 cm³/mol. The minimum Gasteiger partial charge on any atom is -0.317 e. The van der Waals surface area contributed by atoms with Crippen LogP contribution >= 0.6 is 0 Å². The summed E-state index contributed by atoms with van der Waals surface area (Å²) in [5, 5.41) is 0. The fourth-order valence-electron chi connectivity index (χ4n) is 1.03. The Morgan fingerprint density at radius 2 is 1.88 bits per heavy atom. The number of sulfone groups is 1. The first-order valence-electron chi connectivity index (χ1n) is 4.21. The maximum absolute atomic E-state index is 12.2. The molecule has 16 heavy (non-hydrogen) atoms. The van der Waals surface area contributed by atoms with Gasteiger partial charge in [-0.2, -0.15) is 13.2 Å². The van der Waals surface area contributed by atoms with Crippen molar-refractivity contribution in [3.63, 3.8) is 0 Å². The summed E-state index contributed by atoms with van der Waals surface area (Å²) < 4.78 is 59.0. The van der Waals surface area contributed by atoms with Crippen LogP contribution in [0, 0.1) is 0 Å². The lowest BCUT2D eigenvalue weighted by Crippen LogP contribution is -2.22. The van der Waals surface area contributed by atoms with Gasteiger partial charge in [0, 0.05) is 0 Å². The van der Waals surface area contributed by atoms with Crippen LogP contribution in [0.5, 0.6) is 0 Å². The Hall–Kier alpha value is -1.31. The second-order valence-electron chi connectivity index (χ2n) is 2.97. The van der Waals surface area contributed by atoms with Gasteiger partial charge in [0.2, 0.25) is 0 Å². The molecule has 0 spiro atoms. The van der Waals surface area contributed by atoms with Crippen LogP contribution in [0.2, 0.25) is 0 Å². The van der Waals surface area contributed by atoms with E-state index in [0.29, 0.717) is 12.1 Å². The summed E-state index contributed by atoms with van der Waals surface area (Å²) in [6, 6.07) is 1.20. The van der Waals surface area contributed by atoms with Gasteiger partial charge < -0.3 is 4.98 Å². The molecule has 4 nitrogen and oxygen atoms in total. The molecule has 1 heterocycles. The summed E-state index contributed by atoms with van der Waals surface area (Å²) in [6.45, 7) is 1.30. The monoisotopic (exact) mass is 255 g/mol. The molecule has 0 radical (unpaired) electrons. The van der Waals surface area contributed by atoms with E-state index in [0.717, 1.165) is 0 Å². The number of pyridine rings is 1. The number of nitrogens with one attached hydrogen (secondary N) is 1. The first-order valence-corrected chi connectivity index (χ1v) is 5.87. The number of alkyl halides is 3. The van der Waals surface area contributed by atoms with E-state index in [2.05, 4.69) is 0 Å². The highest BCUT2D eigenvalue weighted by atomic mass is 32.2. The van der Waals surface area contributed by atoms with Gasteiger partial charge in [0.15, 0.2) is 9.84 Å². The van der Waals surface area contributed by atoms with Crippen LogP contribution in [0.15, 0.2) is 21.8 Å². The Labute approximate surface area is 89.0 Å². The minimum atomic E-state index is -4.70. The molecule has 0 amide bonds. The maximum Gasteiger partial charge on any atom is 0.431 e. The van der Waals surface area contributed by atoms with Crippen molar-refractivity contribution in [2.75, 3.05) is 5.75 Å². The molecule has 1 N–H and O–H groups in total. The number of aromatic amines is 1. The van der Waals surface area contributed by atoms with Crippen molar-refractivity contribution in [1.82, 2.24) is 4.98 Å². The van der Waals surface area contributed by atoms with Crippen LogP contribution in [0.3, 0.4) is 0 Å². The second-order valence-corrected chi connectivity index (χ2v) is 5.21. The molecule has 0 saturated carbocycles. The van der Waals surface area contributed by atoms with Crippen LogP contribution in [-0.2, 0) is 16.0 Å². The summed E-state index contributed by atoms with van der Waals surface area (Å²) in [5.41, 5.74) is -2.52. The van der Waals surface area contributed by atoms with Crippen molar-refractivity contribution in [2.45, 2.75) is 18.0 Å². The van der Waals surface area contributed by atoms with Crippen molar-refractivity contribution in [3.05, 3.63) is 28.2 Å². The molecule has 0 fully saturated rings. The number of halogens is 3. The largest absolute Gasteiger partial charge is 0.431 e. The van der Waals surface area contributed by atoms with E-state index in [1.54, 1.807) is 0 Å². The van der Waals surface area contributed by atoms with Gasteiger partial charge in [0.1, 0.15) is 10.6 Å². The highest BCUT2D eigenvalue weighted by Gasteiger charge is 2.32. The summed E-state index contributed by atoms with van der Waals surface area (Å²) in [5.74, 6) is -0.346. The van der Waals surface area contributed by atoms with Gasteiger partial charge in [-0.25, -0.2) is 8.42 Å². The molecule has 0 bridgehead atoms. The zero-order valence-corrected chi connectivity index (χ0v) is 8.95. The maximum atomic E-state index is 12.2. The molecule has 0 aliphatic carbocycles. The van der Waals surface area contributed by atoms with E-state index in [1.165, 1.54) is 11.9 Å². The van der Waals surface area contributed by atoms with Gasteiger partial charge in [-0.3, -0.25) is 4.79 Å². The van der Waals surface area contributed by atoms with E-state index < -0.39 is 32.2 Å². The Balaban J connectivity index is 3.38. The summed E-state index contributed by atoms with van der Waals surface area (Å²) >= 11 is 0. The quantitative estimate of drug-likeness (QED) is 0.863. The van der Waals surface area contributed by atoms with E-state index in [4.69, 9.17) is 0 Å². The Bertz CT molecular complexity index is 544. The third-order valence-corrected chi connectivity index (χ3v) is 3.65. The molecular weight excluding hydrogens is 247 g/mol. The van der Waals surface area contributed by atoms with Gasteiger partial charge in [0.05, 0.1) is 5.75 Å². The van der Waals surface area contributed by atoms with Gasteiger partial charge in [-0.05, 0) is 12.1 Å². The average molecular weight is 255 g/mol. The van der Waals surface area contributed by atoms with E-state index in [-0.39, 0.29) is 5.75 Å². The molecule has 0 aromatic carbocycles. The number of rotatable bonds is 2. The van der Waals surface area contributed by atoms with Gasteiger partial charge in [-0.1, -0.05) is 6.92 Å². The molecule has 0 unspecified atom stereocenters. The molecule has 1 aromatic heterocycles. The van der Waals surface area contributed by atoms with Crippen LogP contribution in [0.4, 0.5) is 13.2 Å². The third kappa shape index (κ3) is 2.43. The van der Waals surface area contributed by atoms with E-state index >= 15 is 0 Å². The highest BCUT2D eigenvalue weighted by Crippen LogP contribution is 2.26. The van der Waals surface area contributed by atoms with Crippen molar-refractivity contribution in [2.24, 2.45) is 0 Å². The number of hydrogen-bond donors (Lipinski definition) is 1. The Morgan fingerprint density at radius 3 is 2.25 bits per heavy atom. The van der Waals surface area contributed by atoms with Crippen molar-refractivity contribution >= 4 is 9.84 Å². The molecule has 90 valence electrons. The molecule has 1 aromatic rings. The van der Waals surface area contributed by atoms with Gasteiger partial charge in [-0.15, -0.1) is 0 Å². The molecule has 1 rings (SSSR count). The molecule has 0 saturated heterocycles. The van der Waals surface area contributed by atoms with Crippen LogP contribution in [0.1, 0.15) is 12.6 Å². The van der Waals surface area contributed by atoms with E-state index in [9.17, 15) is 26.4 Å². The highest BCUT2D eigenvalue weighted by molar-refractivity contribution is 7.91. The smallest absolute Gasteiger partial charge is 0.317 e. The lowest BCUT2D eigenvalue weighted by atomic mass is 10.3. The SMILES string of the molecule is CCS(=O)(=O)c1ccc(C(F)(F)F)[nH]c1=O. The van der Waals surface area contributed by atoms with Crippen LogP contribution in [0.25, 0.3) is 0 Å². The zero-order chi connectivity index (χ0) is 12.6. The minimum absolute atomic E-state index is 0.346. The first-order chi connectivity index (χ1) is 7.18. The third-order valence-electron chi connectivity index (χ3n) is 1.89. The topological polar surface area (TPSA) is 67.0 Å². The van der Waals surface area contributed by atoms with Crippen molar-refractivity contribution < 1.29 is 21.6 Å². The zero-order valence-electron chi connectivity index (χ0n) is 8.13. The fourth-order valence-corrected chi connectivity index (χ4v) is 1.95. The second kappa shape index (κ2) is 3.93. The van der Waals surface area contributed by atoms with Crippen molar-refractivity contribution in [3.8, 4) is 0 Å². The fraction of sp³-hybridized carbons (Fsp3) is 0.375. The Morgan fingerprint density at radius 1 is 1.31 bits per heavy atom. The number of H-pyrrole nitrogens is 1. The molecule has 8 heteroatoms. The molecule has 0 atom stereocenters. The molecule has 0 aliphatic rings. The van der Waals surface area contributed by atoms with Crippen LogP contribution in [-0.4, -0.2) is 19.2 Å². The van der Waals surface area contributed by atoms with E-state index in [1.807, 2.05) is 0 Å². The predicted octanol–water partition coefficient (Wildman–Crippen LogP) is 1.19. The first kappa shape index (κ1) is 12.8. The van der Waals surface area contributed by atoms with Gasteiger partial charge in [0.25, 0.3) is 5.56 Å². The summed E-state index contributed by atoms with van der Waals surface area (Å²) in [7, 11) is -3.80. The van der Waals surface area contributed by atoms with Gasteiger partial charge >= 0.3 is 6.18 Å². The average Bonchev–Trinajstić information content (AvgIpc) is 2.16. The number of hydrogen-bond acceptors (Lipinski definition) is 3. The normalized spacial score (nSPS) is 12.8. The summed E-state index contributed by atoms with van der Waals surface area (Å²) in [6.07, 6.45) is -4.70. The lowest BCUT2D eigenvalue weighted by Gasteiger charge is -2.06. The summed E-state index contributed by atoms with van der Waals surface area (Å²) in [4.78, 5) is 12.0. The lowest BCUT2D eigenvalue weighted by molar-refractivity contribution is -0.141.